The first-order valence-electron chi connectivity index (χ1n) is 9.71. The van der Waals surface area contributed by atoms with Gasteiger partial charge in [-0.3, -0.25) is 9.69 Å². The maximum absolute atomic E-state index is 12.4. The van der Waals surface area contributed by atoms with E-state index in [4.69, 9.17) is 21.4 Å². The Morgan fingerprint density at radius 1 is 1.26 bits per heavy atom. The molecule has 1 aromatic rings. The lowest BCUT2D eigenvalue weighted by molar-refractivity contribution is -0.161. The molecule has 0 radical (unpaired) electrons. The van der Waals surface area contributed by atoms with Crippen molar-refractivity contribution in [3.8, 4) is 5.75 Å². The van der Waals surface area contributed by atoms with Crippen LogP contribution in [-0.4, -0.2) is 70.4 Å². The predicted molar refractivity (Wildman–Crippen MR) is 102 cm³/mol. The number of hydrogen-bond acceptors (Lipinski definition) is 5. The number of ether oxygens (including phenoxy) is 1. The molecule has 1 aliphatic carbocycles. The molecule has 2 saturated heterocycles. The van der Waals surface area contributed by atoms with Gasteiger partial charge in [0.2, 0.25) is 5.91 Å². The van der Waals surface area contributed by atoms with E-state index in [-0.39, 0.29) is 35.8 Å². The highest BCUT2D eigenvalue weighted by Crippen LogP contribution is 2.42. The molecule has 4 rings (SSSR count). The number of carbonyl (C=O) groups excluding carboxylic acids is 1. The first kappa shape index (κ1) is 19.0. The number of phenols is 1. The number of aromatic hydroxyl groups is 1. The van der Waals surface area contributed by atoms with E-state index in [2.05, 4.69) is 4.90 Å². The van der Waals surface area contributed by atoms with Crippen LogP contribution in [0.5, 0.6) is 5.75 Å². The summed E-state index contributed by atoms with van der Waals surface area (Å²) in [5.74, 6) is 0.512. The molecule has 7 heteroatoms. The number of aliphatic hydroxyl groups excluding tert-OH is 1. The van der Waals surface area contributed by atoms with Crippen molar-refractivity contribution in [1.29, 1.82) is 0 Å². The molecule has 148 valence electrons. The van der Waals surface area contributed by atoms with Gasteiger partial charge in [0.15, 0.2) is 0 Å². The van der Waals surface area contributed by atoms with Gasteiger partial charge in [-0.2, -0.15) is 0 Å². The number of aliphatic hydroxyl groups is 1. The maximum atomic E-state index is 12.4. The largest absolute Gasteiger partial charge is 0.508 e. The lowest BCUT2D eigenvalue weighted by atomic mass is 9.74. The first-order valence-corrected chi connectivity index (χ1v) is 10.1. The third-order valence-corrected chi connectivity index (χ3v) is 6.47. The van der Waals surface area contributed by atoms with Crippen LogP contribution in [0.4, 0.5) is 0 Å². The number of hydrogen-bond donors (Lipinski definition) is 2. The van der Waals surface area contributed by atoms with Crippen molar-refractivity contribution in [1.82, 2.24) is 9.80 Å². The first-order chi connectivity index (χ1) is 13.0. The molecule has 1 atom stereocenters. The Hall–Kier alpha value is -1.34. The third-order valence-electron chi connectivity index (χ3n) is 6.25. The van der Waals surface area contributed by atoms with E-state index in [0.717, 1.165) is 18.4 Å². The van der Waals surface area contributed by atoms with Crippen LogP contribution >= 0.6 is 11.6 Å². The van der Waals surface area contributed by atoms with Crippen molar-refractivity contribution in [3.05, 3.63) is 28.8 Å². The van der Waals surface area contributed by atoms with Crippen LogP contribution in [-0.2, 0) is 16.1 Å². The monoisotopic (exact) mass is 394 g/mol. The van der Waals surface area contributed by atoms with Crippen molar-refractivity contribution in [2.24, 2.45) is 5.92 Å². The number of halogens is 1. The van der Waals surface area contributed by atoms with E-state index < -0.39 is 0 Å². The lowest BCUT2D eigenvalue weighted by Gasteiger charge is -2.54. The van der Waals surface area contributed by atoms with E-state index >= 15 is 0 Å². The number of morpholine rings is 1. The summed E-state index contributed by atoms with van der Waals surface area (Å²) in [5, 5.41) is 19.5. The quantitative estimate of drug-likeness (QED) is 0.799. The standard InChI is InChI=1S/C20H27ClN2O4/c21-16-4-14(5-17(25)6-16)10-23-11-18(27-13-20(23)2-1-3-20)7-19(26)22-8-15(9-22)12-24/h4-6,15,18,24-25H,1-3,7-13H2. The highest BCUT2D eigenvalue weighted by molar-refractivity contribution is 6.30. The van der Waals surface area contributed by atoms with E-state index in [0.29, 0.717) is 44.2 Å². The highest BCUT2D eigenvalue weighted by Gasteiger charge is 2.47. The molecule has 3 fully saturated rings. The van der Waals surface area contributed by atoms with Crippen molar-refractivity contribution in [2.75, 3.05) is 32.8 Å². The zero-order valence-corrected chi connectivity index (χ0v) is 16.2. The number of benzene rings is 1. The molecule has 2 heterocycles. The summed E-state index contributed by atoms with van der Waals surface area (Å²) in [6, 6.07) is 5.18. The zero-order valence-electron chi connectivity index (χ0n) is 15.4. The molecule has 27 heavy (non-hydrogen) atoms. The predicted octanol–water partition coefficient (Wildman–Crippen LogP) is 2.01. The molecule has 1 aromatic carbocycles. The summed E-state index contributed by atoms with van der Waals surface area (Å²) < 4.78 is 6.08. The fraction of sp³-hybridized carbons (Fsp3) is 0.650. The Balaban J connectivity index is 1.40. The molecular weight excluding hydrogens is 368 g/mol. The van der Waals surface area contributed by atoms with E-state index in [1.807, 2.05) is 6.07 Å². The summed E-state index contributed by atoms with van der Waals surface area (Å²) in [4.78, 5) is 16.7. The number of phenolic OH excluding ortho intramolecular Hbond substituents is 1. The van der Waals surface area contributed by atoms with Gasteiger partial charge < -0.3 is 19.8 Å². The molecule has 2 aliphatic heterocycles. The third kappa shape index (κ3) is 3.94. The highest BCUT2D eigenvalue weighted by atomic mass is 35.5. The van der Waals surface area contributed by atoms with Crippen LogP contribution in [0.15, 0.2) is 18.2 Å². The van der Waals surface area contributed by atoms with Gasteiger partial charge in [0.05, 0.1) is 19.1 Å². The second-order valence-corrected chi connectivity index (χ2v) is 8.70. The molecule has 1 saturated carbocycles. The van der Waals surface area contributed by atoms with E-state index in [9.17, 15) is 9.90 Å². The minimum atomic E-state index is -0.121. The number of rotatable bonds is 5. The average molecular weight is 395 g/mol. The van der Waals surface area contributed by atoms with Gasteiger partial charge in [-0.1, -0.05) is 11.6 Å². The van der Waals surface area contributed by atoms with Crippen molar-refractivity contribution in [3.63, 3.8) is 0 Å². The minimum absolute atomic E-state index is 0.0518. The van der Waals surface area contributed by atoms with Gasteiger partial charge >= 0.3 is 0 Å². The topological polar surface area (TPSA) is 73.2 Å². The molecule has 1 spiro atoms. The van der Waals surface area contributed by atoms with Crippen LogP contribution in [0, 0.1) is 5.92 Å². The Kier molecular flexibility index (Phi) is 5.34. The van der Waals surface area contributed by atoms with E-state index in [1.165, 1.54) is 12.5 Å². The molecule has 1 amide bonds. The summed E-state index contributed by atoms with van der Waals surface area (Å²) in [6.45, 7) is 3.49. The van der Waals surface area contributed by atoms with Gasteiger partial charge in [0.25, 0.3) is 0 Å². The van der Waals surface area contributed by atoms with Crippen molar-refractivity contribution < 1.29 is 19.7 Å². The van der Waals surface area contributed by atoms with Gasteiger partial charge in [-0.05, 0) is 43.0 Å². The summed E-state index contributed by atoms with van der Waals surface area (Å²) in [7, 11) is 0. The summed E-state index contributed by atoms with van der Waals surface area (Å²) in [6.07, 6.45) is 3.66. The van der Waals surface area contributed by atoms with Crippen LogP contribution in [0.3, 0.4) is 0 Å². The Bertz CT molecular complexity index is 683. The number of carbonyl (C=O) groups is 1. The van der Waals surface area contributed by atoms with Gasteiger partial charge in [0, 0.05) is 49.3 Å². The van der Waals surface area contributed by atoms with Gasteiger partial charge in [-0.15, -0.1) is 0 Å². The Morgan fingerprint density at radius 3 is 2.67 bits per heavy atom. The SMILES string of the molecule is O=C(CC1CN(Cc2cc(O)cc(Cl)c2)C2(CCC2)CO1)N1CC(CO)C1. The number of amides is 1. The van der Waals surface area contributed by atoms with Crippen LogP contribution < -0.4 is 0 Å². The fourth-order valence-corrected chi connectivity index (χ4v) is 4.67. The zero-order chi connectivity index (χ0) is 19.0. The molecule has 3 aliphatic rings. The fourth-order valence-electron chi connectivity index (χ4n) is 4.42. The molecular formula is C20H27ClN2O4. The van der Waals surface area contributed by atoms with Crippen LogP contribution in [0.25, 0.3) is 0 Å². The molecule has 2 N–H and O–H groups in total. The summed E-state index contributed by atoms with van der Waals surface area (Å²) in [5.41, 5.74) is 1.03. The second-order valence-electron chi connectivity index (χ2n) is 8.26. The summed E-state index contributed by atoms with van der Waals surface area (Å²) >= 11 is 6.09. The molecule has 1 unspecified atom stereocenters. The van der Waals surface area contributed by atoms with Crippen LogP contribution in [0.2, 0.25) is 5.02 Å². The van der Waals surface area contributed by atoms with E-state index in [1.54, 1.807) is 11.0 Å². The van der Waals surface area contributed by atoms with Crippen molar-refractivity contribution >= 4 is 17.5 Å². The Morgan fingerprint density at radius 2 is 2.04 bits per heavy atom. The van der Waals surface area contributed by atoms with Gasteiger partial charge in [-0.25, -0.2) is 0 Å². The smallest absolute Gasteiger partial charge is 0.225 e. The molecule has 6 nitrogen and oxygen atoms in total. The maximum Gasteiger partial charge on any atom is 0.225 e. The normalized spacial score (nSPS) is 25.3. The van der Waals surface area contributed by atoms with Crippen LogP contribution in [0.1, 0.15) is 31.2 Å². The van der Waals surface area contributed by atoms with Gasteiger partial charge in [0.1, 0.15) is 5.75 Å². The molecule has 0 aromatic heterocycles. The van der Waals surface area contributed by atoms with Crippen molar-refractivity contribution in [2.45, 2.75) is 43.9 Å². The molecule has 0 bridgehead atoms. The number of likely N-dealkylation sites (tertiary alicyclic amines) is 1. The lowest BCUT2D eigenvalue weighted by Crippen LogP contribution is -2.63. The Labute approximate surface area is 164 Å². The number of nitrogens with zero attached hydrogens (tertiary/aromatic N) is 2. The second kappa shape index (κ2) is 7.59. The minimum Gasteiger partial charge on any atom is -0.508 e. The average Bonchev–Trinajstić information content (AvgIpc) is 2.51.